The fourth-order valence-corrected chi connectivity index (χ4v) is 1.30. The summed E-state index contributed by atoms with van der Waals surface area (Å²) in [5.41, 5.74) is 10.7. The molecule has 0 aliphatic heterocycles. The highest BCUT2D eigenvalue weighted by Gasteiger charge is 2.03. The van der Waals surface area contributed by atoms with Gasteiger partial charge in [-0.1, -0.05) is 50.2 Å². The molecule has 0 saturated carbocycles. The molecule has 74 valence electrons. The van der Waals surface area contributed by atoms with Crippen LogP contribution in [0.2, 0.25) is 0 Å². The van der Waals surface area contributed by atoms with E-state index in [4.69, 9.17) is 5.53 Å². The molecule has 0 bridgehead atoms. The van der Waals surface area contributed by atoms with E-state index in [9.17, 15) is 0 Å². The van der Waals surface area contributed by atoms with Crippen LogP contribution in [0, 0.1) is 0 Å². The monoisotopic (exact) mass is 189 g/mol. The maximum Gasteiger partial charge on any atom is 0.0597 e. The Balaban J connectivity index is 2.87. The van der Waals surface area contributed by atoms with Crippen LogP contribution >= 0.6 is 0 Å². The largest absolute Gasteiger partial charge is 0.0862 e. The first-order valence-electron chi connectivity index (χ1n) is 4.79. The molecule has 0 aliphatic rings. The van der Waals surface area contributed by atoms with Crippen LogP contribution in [0.25, 0.3) is 10.4 Å². The van der Waals surface area contributed by atoms with Gasteiger partial charge < -0.3 is 0 Å². The van der Waals surface area contributed by atoms with Gasteiger partial charge in [0, 0.05) is 4.91 Å². The number of benzene rings is 1. The second-order valence-electron chi connectivity index (χ2n) is 3.70. The van der Waals surface area contributed by atoms with Gasteiger partial charge in [0.15, 0.2) is 0 Å². The van der Waals surface area contributed by atoms with Gasteiger partial charge in [0.2, 0.25) is 0 Å². The highest BCUT2D eigenvalue weighted by molar-refractivity contribution is 5.26. The third-order valence-electron chi connectivity index (χ3n) is 2.31. The fraction of sp³-hybridized carbons (Fsp3) is 0.455. The zero-order valence-corrected chi connectivity index (χ0v) is 8.81. The summed E-state index contributed by atoms with van der Waals surface area (Å²) in [5.74, 6) is 0.541. The Morgan fingerprint density at radius 3 is 2.00 bits per heavy atom. The highest BCUT2D eigenvalue weighted by atomic mass is 15.1. The molecule has 3 nitrogen and oxygen atoms in total. The quantitative estimate of drug-likeness (QED) is 0.389. The molecule has 0 heterocycles. The lowest BCUT2D eigenvalue weighted by molar-refractivity contribution is 0.802. The fourth-order valence-electron chi connectivity index (χ4n) is 1.30. The van der Waals surface area contributed by atoms with E-state index in [1.807, 2.05) is 19.1 Å². The highest BCUT2D eigenvalue weighted by Crippen LogP contribution is 2.20. The van der Waals surface area contributed by atoms with Gasteiger partial charge in [-0.2, -0.15) is 0 Å². The third-order valence-corrected chi connectivity index (χ3v) is 2.31. The maximum absolute atomic E-state index is 8.30. The van der Waals surface area contributed by atoms with Crippen molar-refractivity contribution < 1.29 is 0 Å². The molecule has 1 rings (SSSR count). The Bertz CT molecular complexity index is 334. The molecular weight excluding hydrogens is 174 g/mol. The van der Waals surface area contributed by atoms with Crippen LogP contribution in [0.1, 0.15) is 43.9 Å². The van der Waals surface area contributed by atoms with E-state index >= 15 is 0 Å². The van der Waals surface area contributed by atoms with E-state index < -0.39 is 0 Å². The van der Waals surface area contributed by atoms with Crippen molar-refractivity contribution in [2.24, 2.45) is 5.11 Å². The van der Waals surface area contributed by atoms with E-state index in [1.165, 1.54) is 5.56 Å². The predicted molar refractivity (Wildman–Crippen MR) is 58.1 cm³/mol. The first-order valence-corrected chi connectivity index (χ1v) is 4.79. The van der Waals surface area contributed by atoms with E-state index in [1.54, 1.807) is 0 Å². The van der Waals surface area contributed by atoms with Crippen molar-refractivity contribution >= 4 is 0 Å². The van der Waals surface area contributed by atoms with Crippen LogP contribution in [-0.2, 0) is 0 Å². The summed E-state index contributed by atoms with van der Waals surface area (Å²) in [7, 11) is 0. The van der Waals surface area contributed by atoms with E-state index in [0.29, 0.717) is 5.92 Å². The van der Waals surface area contributed by atoms with Gasteiger partial charge in [0.1, 0.15) is 0 Å². The lowest BCUT2D eigenvalue weighted by Crippen LogP contribution is -1.91. The van der Waals surface area contributed by atoms with Crippen molar-refractivity contribution in [1.82, 2.24) is 0 Å². The molecule has 0 fully saturated rings. The number of azide groups is 1. The average Bonchev–Trinajstić information content (AvgIpc) is 2.18. The molecule has 1 atom stereocenters. The van der Waals surface area contributed by atoms with Gasteiger partial charge in [-0.15, -0.1) is 0 Å². The van der Waals surface area contributed by atoms with E-state index in [2.05, 4.69) is 36.0 Å². The van der Waals surface area contributed by atoms with Crippen LogP contribution in [-0.4, -0.2) is 0 Å². The topological polar surface area (TPSA) is 48.8 Å². The summed E-state index contributed by atoms with van der Waals surface area (Å²) in [6.07, 6.45) is 0. The van der Waals surface area contributed by atoms with Gasteiger partial charge >= 0.3 is 0 Å². The summed E-state index contributed by atoms with van der Waals surface area (Å²) in [6, 6.07) is 8.14. The molecule has 0 radical (unpaired) electrons. The lowest BCUT2D eigenvalue weighted by atomic mass is 10.00. The third kappa shape index (κ3) is 2.51. The molecule has 14 heavy (non-hydrogen) atoms. The molecule has 3 heteroatoms. The van der Waals surface area contributed by atoms with Gasteiger partial charge in [-0.3, -0.25) is 0 Å². The minimum atomic E-state index is -0.0822. The summed E-state index contributed by atoms with van der Waals surface area (Å²) >= 11 is 0. The van der Waals surface area contributed by atoms with Crippen molar-refractivity contribution in [3.05, 3.63) is 45.8 Å². The molecule has 0 unspecified atom stereocenters. The molecule has 0 aliphatic carbocycles. The SMILES string of the molecule is CC(C)c1ccc([C@H](C)N=[N+]=[N-])cc1. The molecular formula is C11H15N3. The smallest absolute Gasteiger partial charge is 0.0597 e. The van der Waals surface area contributed by atoms with E-state index in [0.717, 1.165) is 5.56 Å². The van der Waals surface area contributed by atoms with Crippen molar-refractivity contribution in [1.29, 1.82) is 0 Å². The molecule has 0 N–H and O–H groups in total. The van der Waals surface area contributed by atoms with Gasteiger partial charge in [0.05, 0.1) is 6.04 Å². The Morgan fingerprint density at radius 2 is 1.57 bits per heavy atom. The van der Waals surface area contributed by atoms with Crippen molar-refractivity contribution in [3.63, 3.8) is 0 Å². The first kappa shape index (κ1) is 10.6. The Morgan fingerprint density at radius 1 is 1.07 bits per heavy atom. The van der Waals surface area contributed by atoms with Crippen molar-refractivity contribution in [2.75, 3.05) is 0 Å². The number of hydrogen-bond acceptors (Lipinski definition) is 1. The van der Waals surface area contributed by atoms with Crippen LogP contribution in [0.3, 0.4) is 0 Å². The zero-order chi connectivity index (χ0) is 10.6. The van der Waals surface area contributed by atoms with Crippen LogP contribution in [0.5, 0.6) is 0 Å². The zero-order valence-electron chi connectivity index (χ0n) is 8.81. The number of hydrogen-bond donors (Lipinski definition) is 0. The van der Waals surface area contributed by atoms with Gasteiger partial charge in [-0.25, -0.2) is 0 Å². The maximum atomic E-state index is 8.30. The van der Waals surface area contributed by atoms with Crippen LogP contribution in [0.15, 0.2) is 29.4 Å². The lowest BCUT2D eigenvalue weighted by Gasteiger charge is -2.08. The molecule has 1 aromatic rings. The van der Waals surface area contributed by atoms with E-state index in [-0.39, 0.29) is 6.04 Å². The Kier molecular flexibility index (Phi) is 3.55. The number of nitrogens with zero attached hydrogens (tertiary/aromatic N) is 3. The molecule has 0 saturated heterocycles. The minimum Gasteiger partial charge on any atom is -0.0862 e. The molecule has 0 amide bonds. The normalized spacial score (nSPS) is 12.3. The Hall–Kier alpha value is -1.47. The second kappa shape index (κ2) is 4.68. The molecule has 0 aromatic heterocycles. The Labute approximate surface area is 84.4 Å². The standard InChI is InChI=1S/C11H15N3/c1-8(2)10-4-6-11(7-5-10)9(3)13-14-12/h4-9H,1-3H3/t9-/m0/s1. The van der Waals surface area contributed by atoms with Gasteiger partial charge in [-0.05, 0) is 22.6 Å². The summed E-state index contributed by atoms with van der Waals surface area (Å²) in [6.45, 7) is 6.21. The molecule has 1 aromatic carbocycles. The number of rotatable bonds is 3. The van der Waals surface area contributed by atoms with Crippen LogP contribution < -0.4 is 0 Å². The second-order valence-corrected chi connectivity index (χ2v) is 3.70. The van der Waals surface area contributed by atoms with Crippen molar-refractivity contribution in [2.45, 2.75) is 32.7 Å². The average molecular weight is 189 g/mol. The molecule has 0 spiro atoms. The van der Waals surface area contributed by atoms with Crippen LogP contribution in [0.4, 0.5) is 0 Å². The summed E-state index contributed by atoms with van der Waals surface area (Å²) in [5, 5.41) is 3.65. The predicted octanol–water partition coefficient (Wildman–Crippen LogP) is 4.18. The van der Waals surface area contributed by atoms with Crippen molar-refractivity contribution in [3.8, 4) is 0 Å². The van der Waals surface area contributed by atoms with Gasteiger partial charge in [0.25, 0.3) is 0 Å². The first-order chi connectivity index (χ1) is 6.65. The minimum absolute atomic E-state index is 0.0822. The summed E-state index contributed by atoms with van der Waals surface area (Å²) < 4.78 is 0. The summed E-state index contributed by atoms with van der Waals surface area (Å²) in [4.78, 5) is 2.79.